The SMILES string of the molecule is O=C(CN1CCC(C(=O)O)CC1)NCc1ccccc1Br. The van der Waals surface area contributed by atoms with Gasteiger partial charge in [-0.1, -0.05) is 34.1 Å². The van der Waals surface area contributed by atoms with Crippen molar-refractivity contribution < 1.29 is 14.7 Å². The van der Waals surface area contributed by atoms with E-state index in [-0.39, 0.29) is 11.8 Å². The summed E-state index contributed by atoms with van der Waals surface area (Å²) in [4.78, 5) is 24.8. The fourth-order valence-electron chi connectivity index (χ4n) is 2.43. The predicted molar refractivity (Wildman–Crippen MR) is 82.8 cm³/mol. The predicted octanol–water partition coefficient (Wildman–Crippen LogP) is 1.86. The third kappa shape index (κ3) is 4.82. The molecule has 0 radical (unpaired) electrons. The van der Waals surface area contributed by atoms with Crippen molar-refractivity contribution in [1.82, 2.24) is 10.2 Å². The van der Waals surface area contributed by atoms with Crippen LogP contribution < -0.4 is 5.32 Å². The van der Waals surface area contributed by atoms with Crippen LogP contribution in [-0.2, 0) is 16.1 Å². The summed E-state index contributed by atoms with van der Waals surface area (Å²) in [7, 11) is 0. The van der Waals surface area contributed by atoms with Crippen molar-refractivity contribution in [2.24, 2.45) is 5.92 Å². The lowest BCUT2D eigenvalue weighted by atomic mass is 9.97. The number of nitrogens with zero attached hydrogens (tertiary/aromatic N) is 1. The van der Waals surface area contributed by atoms with Crippen LogP contribution in [0, 0.1) is 5.92 Å². The molecule has 1 aromatic carbocycles. The summed E-state index contributed by atoms with van der Waals surface area (Å²) in [6.45, 7) is 2.15. The van der Waals surface area contributed by atoms with Gasteiger partial charge >= 0.3 is 5.97 Å². The van der Waals surface area contributed by atoms with E-state index in [1.165, 1.54) is 0 Å². The standard InChI is InChI=1S/C15H19BrN2O3/c16-13-4-2-1-3-12(13)9-17-14(19)10-18-7-5-11(6-8-18)15(20)21/h1-4,11H,5-10H2,(H,17,19)(H,20,21). The normalized spacial score (nSPS) is 16.6. The molecule has 5 nitrogen and oxygen atoms in total. The van der Waals surface area contributed by atoms with Gasteiger partial charge in [0, 0.05) is 11.0 Å². The van der Waals surface area contributed by atoms with E-state index in [1.807, 2.05) is 29.2 Å². The Hall–Kier alpha value is -1.40. The minimum absolute atomic E-state index is 0.0282. The van der Waals surface area contributed by atoms with Crippen molar-refractivity contribution in [1.29, 1.82) is 0 Å². The van der Waals surface area contributed by atoms with Crippen molar-refractivity contribution >= 4 is 27.8 Å². The molecule has 2 rings (SSSR count). The van der Waals surface area contributed by atoms with Crippen LogP contribution >= 0.6 is 15.9 Å². The van der Waals surface area contributed by atoms with Gasteiger partial charge in [0.1, 0.15) is 0 Å². The highest BCUT2D eigenvalue weighted by molar-refractivity contribution is 9.10. The Morgan fingerprint density at radius 3 is 2.57 bits per heavy atom. The second-order valence-electron chi connectivity index (χ2n) is 5.26. The lowest BCUT2D eigenvalue weighted by Crippen LogP contribution is -2.42. The molecule has 1 aromatic rings. The molecule has 1 aliphatic rings. The van der Waals surface area contributed by atoms with Gasteiger partial charge in [0.2, 0.25) is 5.91 Å². The summed E-state index contributed by atoms with van der Waals surface area (Å²) in [6.07, 6.45) is 1.24. The average molecular weight is 355 g/mol. The second-order valence-corrected chi connectivity index (χ2v) is 6.11. The minimum Gasteiger partial charge on any atom is -0.481 e. The Morgan fingerprint density at radius 1 is 1.29 bits per heavy atom. The Morgan fingerprint density at radius 2 is 1.95 bits per heavy atom. The van der Waals surface area contributed by atoms with E-state index in [2.05, 4.69) is 21.2 Å². The number of carboxylic acid groups (broad SMARTS) is 1. The molecule has 1 heterocycles. The summed E-state index contributed by atoms with van der Waals surface area (Å²) < 4.78 is 0.979. The van der Waals surface area contributed by atoms with Crippen LogP contribution in [0.3, 0.4) is 0 Å². The van der Waals surface area contributed by atoms with Gasteiger partial charge in [0.25, 0.3) is 0 Å². The molecule has 0 atom stereocenters. The molecule has 0 unspecified atom stereocenters. The fourth-order valence-corrected chi connectivity index (χ4v) is 2.86. The molecular formula is C15H19BrN2O3. The summed E-state index contributed by atoms with van der Waals surface area (Å²) in [6, 6.07) is 7.77. The van der Waals surface area contributed by atoms with Crippen LogP contribution in [0.1, 0.15) is 18.4 Å². The number of amides is 1. The van der Waals surface area contributed by atoms with Crippen LogP contribution in [0.2, 0.25) is 0 Å². The number of benzene rings is 1. The molecular weight excluding hydrogens is 336 g/mol. The van der Waals surface area contributed by atoms with E-state index < -0.39 is 5.97 Å². The number of hydrogen-bond acceptors (Lipinski definition) is 3. The van der Waals surface area contributed by atoms with E-state index in [0.29, 0.717) is 39.0 Å². The Kier molecular flexibility index (Phi) is 5.76. The van der Waals surface area contributed by atoms with Crippen molar-refractivity contribution in [3.8, 4) is 0 Å². The Balaban J connectivity index is 1.73. The smallest absolute Gasteiger partial charge is 0.306 e. The molecule has 0 bridgehead atoms. The number of rotatable bonds is 5. The van der Waals surface area contributed by atoms with Crippen LogP contribution in [0.15, 0.2) is 28.7 Å². The first-order valence-corrected chi connectivity index (χ1v) is 7.81. The number of piperidine rings is 1. The van der Waals surface area contributed by atoms with E-state index in [0.717, 1.165) is 10.0 Å². The van der Waals surface area contributed by atoms with Gasteiger partial charge in [-0.15, -0.1) is 0 Å². The van der Waals surface area contributed by atoms with E-state index >= 15 is 0 Å². The third-order valence-corrected chi connectivity index (χ3v) is 4.51. The van der Waals surface area contributed by atoms with E-state index in [4.69, 9.17) is 5.11 Å². The van der Waals surface area contributed by atoms with Crippen LogP contribution in [0.5, 0.6) is 0 Å². The summed E-state index contributed by atoms with van der Waals surface area (Å²) in [5.74, 6) is -1.02. The van der Waals surface area contributed by atoms with E-state index in [9.17, 15) is 9.59 Å². The summed E-state index contributed by atoms with van der Waals surface area (Å²) >= 11 is 3.45. The second kappa shape index (κ2) is 7.56. The highest BCUT2D eigenvalue weighted by Gasteiger charge is 2.25. The molecule has 0 aliphatic carbocycles. The largest absolute Gasteiger partial charge is 0.481 e. The van der Waals surface area contributed by atoms with Gasteiger partial charge in [-0.25, -0.2) is 0 Å². The summed E-state index contributed by atoms with van der Waals surface area (Å²) in [5, 5.41) is 11.8. The first-order valence-electron chi connectivity index (χ1n) is 7.01. The van der Waals surface area contributed by atoms with Gasteiger partial charge in [-0.2, -0.15) is 0 Å². The number of carboxylic acids is 1. The quantitative estimate of drug-likeness (QED) is 0.846. The molecule has 1 amide bonds. The molecule has 21 heavy (non-hydrogen) atoms. The van der Waals surface area contributed by atoms with Crippen LogP contribution in [0.25, 0.3) is 0 Å². The number of carbonyl (C=O) groups is 2. The van der Waals surface area contributed by atoms with E-state index in [1.54, 1.807) is 0 Å². The van der Waals surface area contributed by atoms with Crippen LogP contribution in [0.4, 0.5) is 0 Å². The number of nitrogens with one attached hydrogen (secondary N) is 1. The zero-order valence-corrected chi connectivity index (χ0v) is 13.3. The highest BCUT2D eigenvalue weighted by atomic mass is 79.9. The topological polar surface area (TPSA) is 69.6 Å². The highest BCUT2D eigenvalue weighted by Crippen LogP contribution is 2.17. The number of carbonyl (C=O) groups excluding carboxylic acids is 1. The molecule has 1 fully saturated rings. The molecule has 0 saturated carbocycles. The Labute approximate surface area is 132 Å². The summed E-state index contributed by atoms with van der Waals surface area (Å²) in [5.41, 5.74) is 1.04. The number of aliphatic carboxylic acids is 1. The maximum absolute atomic E-state index is 11.9. The number of hydrogen-bond donors (Lipinski definition) is 2. The van der Waals surface area contributed by atoms with Crippen molar-refractivity contribution in [2.75, 3.05) is 19.6 Å². The maximum atomic E-state index is 11.9. The first-order chi connectivity index (χ1) is 10.1. The third-order valence-electron chi connectivity index (χ3n) is 3.74. The first kappa shape index (κ1) is 16.0. The molecule has 114 valence electrons. The molecule has 6 heteroatoms. The van der Waals surface area contributed by atoms with Gasteiger partial charge in [0.15, 0.2) is 0 Å². The molecule has 0 spiro atoms. The monoisotopic (exact) mass is 354 g/mol. The Bertz CT molecular complexity index is 513. The van der Waals surface area contributed by atoms with Gasteiger partial charge in [0.05, 0.1) is 12.5 Å². The lowest BCUT2D eigenvalue weighted by molar-refractivity contribution is -0.143. The number of likely N-dealkylation sites (tertiary alicyclic amines) is 1. The molecule has 2 N–H and O–H groups in total. The number of halogens is 1. The van der Waals surface area contributed by atoms with Crippen LogP contribution in [-0.4, -0.2) is 41.5 Å². The average Bonchev–Trinajstić information content (AvgIpc) is 2.47. The van der Waals surface area contributed by atoms with Crippen molar-refractivity contribution in [3.05, 3.63) is 34.3 Å². The minimum atomic E-state index is -0.729. The molecule has 0 aromatic heterocycles. The van der Waals surface area contributed by atoms with Crippen molar-refractivity contribution in [3.63, 3.8) is 0 Å². The van der Waals surface area contributed by atoms with Gasteiger partial charge in [-0.3, -0.25) is 14.5 Å². The zero-order valence-electron chi connectivity index (χ0n) is 11.7. The van der Waals surface area contributed by atoms with Gasteiger partial charge < -0.3 is 10.4 Å². The zero-order chi connectivity index (χ0) is 15.2. The molecule has 1 aliphatic heterocycles. The lowest BCUT2D eigenvalue weighted by Gasteiger charge is -2.29. The molecule has 1 saturated heterocycles. The van der Waals surface area contributed by atoms with Gasteiger partial charge in [-0.05, 0) is 37.6 Å². The van der Waals surface area contributed by atoms with Crippen molar-refractivity contribution in [2.45, 2.75) is 19.4 Å². The maximum Gasteiger partial charge on any atom is 0.306 e. The fraction of sp³-hybridized carbons (Fsp3) is 0.467.